The van der Waals surface area contributed by atoms with Crippen molar-refractivity contribution in [2.24, 2.45) is 0 Å². The largest absolute Gasteiger partial charge is 0.311 e. The summed E-state index contributed by atoms with van der Waals surface area (Å²) in [5.41, 5.74) is 12.1. The highest BCUT2D eigenvalue weighted by Gasteiger charge is 2.18. The van der Waals surface area contributed by atoms with Crippen LogP contribution in [0, 0.1) is 6.92 Å². The standard InChI is InChI=1S/C45H33N/c1-32-21-26-38(27-22-32)46(37-17-9-4-10-18-37)39-28-23-33(24-29-39)36-25-30-42-43(31-36)45(35-15-7-3-8-16-35)41-20-12-11-19-40(41)44(42)34-13-5-2-6-14-34/h2-31H,1H3. The Kier molecular flexibility index (Phi) is 7.13. The van der Waals surface area contributed by atoms with E-state index >= 15 is 0 Å². The molecule has 0 aromatic heterocycles. The van der Waals surface area contributed by atoms with Gasteiger partial charge in [0.2, 0.25) is 0 Å². The first-order chi connectivity index (χ1) is 22.7. The monoisotopic (exact) mass is 587 g/mol. The fourth-order valence-corrected chi connectivity index (χ4v) is 6.71. The van der Waals surface area contributed by atoms with Gasteiger partial charge in [-0.2, -0.15) is 0 Å². The van der Waals surface area contributed by atoms with Crippen LogP contribution in [-0.2, 0) is 0 Å². The summed E-state index contributed by atoms with van der Waals surface area (Å²) in [6.45, 7) is 2.13. The summed E-state index contributed by atoms with van der Waals surface area (Å²) in [7, 11) is 0. The quantitative estimate of drug-likeness (QED) is 0.175. The number of para-hydroxylation sites is 1. The second-order valence-electron chi connectivity index (χ2n) is 11.8. The van der Waals surface area contributed by atoms with Crippen LogP contribution in [0.25, 0.3) is 54.9 Å². The van der Waals surface area contributed by atoms with E-state index < -0.39 is 0 Å². The molecule has 1 nitrogen and oxygen atoms in total. The predicted octanol–water partition coefficient (Wildman–Crippen LogP) is 12.8. The van der Waals surface area contributed by atoms with Gasteiger partial charge < -0.3 is 4.90 Å². The maximum atomic E-state index is 2.39. The number of hydrogen-bond acceptors (Lipinski definition) is 1. The van der Waals surface area contributed by atoms with Gasteiger partial charge in [-0.3, -0.25) is 0 Å². The molecule has 1 heteroatoms. The number of hydrogen-bond donors (Lipinski definition) is 0. The van der Waals surface area contributed by atoms with Crippen LogP contribution in [0.1, 0.15) is 5.56 Å². The third-order valence-corrected chi connectivity index (χ3v) is 8.91. The van der Waals surface area contributed by atoms with Gasteiger partial charge in [0.15, 0.2) is 0 Å². The van der Waals surface area contributed by atoms with Gasteiger partial charge in [-0.25, -0.2) is 0 Å². The van der Waals surface area contributed by atoms with Crippen LogP contribution in [-0.4, -0.2) is 0 Å². The van der Waals surface area contributed by atoms with E-state index in [0.29, 0.717) is 0 Å². The highest BCUT2D eigenvalue weighted by Crippen LogP contribution is 2.45. The van der Waals surface area contributed by atoms with Gasteiger partial charge in [-0.15, -0.1) is 0 Å². The minimum atomic E-state index is 1.13. The van der Waals surface area contributed by atoms with Crippen LogP contribution in [0.15, 0.2) is 182 Å². The second kappa shape index (κ2) is 11.9. The number of aryl methyl sites for hydroxylation is 1. The molecule has 8 aromatic carbocycles. The molecule has 0 spiro atoms. The van der Waals surface area contributed by atoms with Gasteiger partial charge in [0.05, 0.1) is 0 Å². The molecule has 0 N–H and O–H groups in total. The van der Waals surface area contributed by atoms with E-state index in [-0.39, 0.29) is 0 Å². The average Bonchev–Trinajstić information content (AvgIpc) is 3.13. The van der Waals surface area contributed by atoms with E-state index in [2.05, 4.69) is 194 Å². The van der Waals surface area contributed by atoms with Crippen LogP contribution in [0.2, 0.25) is 0 Å². The molecular weight excluding hydrogens is 555 g/mol. The highest BCUT2D eigenvalue weighted by atomic mass is 15.1. The third-order valence-electron chi connectivity index (χ3n) is 8.91. The molecule has 0 fully saturated rings. The molecule has 218 valence electrons. The van der Waals surface area contributed by atoms with Crippen LogP contribution in [0.3, 0.4) is 0 Å². The average molecular weight is 588 g/mol. The summed E-state index contributed by atoms with van der Waals surface area (Å²) >= 11 is 0. The van der Waals surface area contributed by atoms with E-state index in [0.717, 1.165) is 17.1 Å². The molecule has 0 amide bonds. The third kappa shape index (κ3) is 5.02. The van der Waals surface area contributed by atoms with E-state index in [4.69, 9.17) is 0 Å². The van der Waals surface area contributed by atoms with Crippen molar-refractivity contribution in [3.8, 4) is 33.4 Å². The molecule has 8 aromatic rings. The number of benzene rings is 8. The fourth-order valence-electron chi connectivity index (χ4n) is 6.71. The molecule has 0 aliphatic heterocycles. The molecule has 0 saturated carbocycles. The maximum absolute atomic E-state index is 2.39. The Labute approximate surface area is 270 Å². The van der Waals surface area contributed by atoms with E-state index in [9.17, 15) is 0 Å². The Morgan fingerprint density at radius 3 is 1.28 bits per heavy atom. The first-order valence-corrected chi connectivity index (χ1v) is 15.9. The van der Waals surface area contributed by atoms with Crippen LogP contribution in [0.4, 0.5) is 17.1 Å². The molecule has 0 unspecified atom stereocenters. The van der Waals surface area contributed by atoms with Crippen molar-refractivity contribution in [2.45, 2.75) is 6.92 Å². The van der Waals surface area contributed by atoms with Crippen molar-refractivity contribution >= 4 is 38.6 Å². The Balaban J connectivity index is 1.31. The number of rotatable bonds is 6. The molecule has 0 radical (unpaired) electrons. The van der Waals surface area contributed by atoms with E-state index in [1.54, 1.807) is 0 Å². The summed E-state index contributed by atoms with van der Waals surface area (Å²) in [4.78, 5) is 2.31. The van der Waals surface area contributed by atoms with Gasteiger partial charge >= 0.3 is 0 Å². The molecule has 46 heavy (non-hydrogen) atoms. The molecule has 0 heterocycles. The number of anilines is 3. The topological polar surface area (TPSA) is 3.24 Å². The number of fused-ring (bicyclic) bond motifs is 2. The minimum Gasteiger partial charge on any atom is -0.311 e. The highest BCUT2D eigenvalue weighted by molar-refractivity contribution is 6.21. The minimum absolute atomic E-state index is 1.13. The Morgan fingerprint density at radius 2 is 0.717 bits per heavy atom. The molecule has 0 atom stereocenters. The lowest BCUT2D eigenvalue weighted by Crippen LogP contribution is -2.09. The van der Waals surface area contributed by atoms with E-state index in [1.165, 1.54) is 60.5 Å². The van der Waals surface area contributed by atoms with Crippen molar-refractivity contribution in [2.75, 3.05) is 4.90 Å². The van der Waals surface area contributed by atoms with Gasteiger partial charge in [-0.1, -0.05) is 145 Å². The lowest BCUT2D eigenvalue weighted by Gasteiger charge is -2.25. The zero-order valence-corrected chi connectivity index (χ0v) is 25.8. The van der Waals surface area contributed by atoms with E-state index in [1.807, 2.05) is 0 Å². The summed E-state index contributed by atoms with van der Waals surface area (Å²) in [5.74, 6) is 0. The van der Waals surface area contributed by atoms with Crippen molar-refractivity contribution in [1.82, 2.24) is 0 Å². The molecular formula is C45H33N. The fraction of sp³-hybridized carbons (Fsp3) is 0.0222. The van der Waals surface area contributed by atoms with Gasteiger partial charge in [0, 0.05) is 17.1 Å². The first kappa shape index (κ1) is 27.6. The lowest BCUT2D eigenvalue weighted by atomic mass is 9.85. The lowest BCUT2D eigenvalue weighted by molar-refractivity contribution is 1.27. The first-order valence-electron chi connectivity index (χ1n) is 15.9. The smallest absolute Gasteiger partial charge is 0.0462 e. The number of nitrogens with zero attached hydrogens (tertiary/aromatic N) is 1. The van der Waals surface area contributed by atoms with Crippen LogP contribution < -0.4 is 4.90 Å². The zero-order valence-electron chi connectivity index (χ0n) is 25.8. The Bertz CT molecular complexity index is 2270. The van der Waals surface area contributed by atoms with Gasteiger partial charge in [-0.05, 0) is 104 Å². The van der Waals surface area contributed by atoms with Crippen molar-refractivity contribution in [3.05, 3.63) is 188 Å². The summed E-state index contributed by atoms with van der Waals surface area (Å²) in [6.07, 6.45) is 0. The van der Waals surface area contributed by atoms with Gasteiger partial charge in [0.25, 0.3) is 0 Å². The molecule has 8 rings (SSSR count). The van der Waals surface area contributed by atoms with Crippen molar-refractivity contribution in [1.29, 1.82) is 0 Å². The van der Waals surface area contributed by atoms with Gasteiger partial charge in [0.1, 0.15) is 0 Å². The summed E-state index contributed by atoms with van der Waals surface area (Å²) < 4.78 is 0. The SMILES string of the molecule is Cc1ccc(N(c2ccccc2)c2ccc(-c3ccc4c(-c5ccccc5)c5ccccc5c(-c5ccccc5)c4c3)cc2)cc1. The van der Waals surface area contributed by atoms with Crippen LogP contribution >= 0.6 is 0 Å². The predicted molar refractivity (Wildman–Crippen MR) is 197 cm³/mol. The van der Waals surface area contributed by atoms with Crippen LogP contribution in [0.5, 0.6) is 0 Å². The molecule has 0 saturated heterocycles. The molecule has 0 bridgehead atoms. The Morgan fingerprint density at radius 1 is 0.304 bits per heavy atom. The second-order valence-corrected chi connectivity index (χ2v) is 11.8. The zero-order chi connectivity index (χ0) is 30.9. The van der Waals surface area contributed by atoms with Crippen molar-refractivity contribution in [3.63, 3.8) is 0 Å². The summed E-state index contributed by atoms with van der Waals surface area (Å²) in [5, 5.41) is 5.06. The maximum Gasteiger partial charge on any atom is 0.0462 e. The Hall–Kier alpha value is -5.92. The summed E-state index contributed by atoms with van der Waals surface area (Å²) in [6, 6.07) is 65.8. The van der Waals surface area contributed by atoms with Crippen molar-refractivity contribution < 1.29 is 0 Å². The molecule has 0 aliphatic rings. The normalized spacial score (nSPS) is 11.2. The molecule has 0 aliphatic carbocycles.